The monoisotopic (exact) mass is 302 g/mol. The van der Waals surface area contributed by atoms with Crippen LogP contribution >= 0.6 is 0 Å². The van der Waals surface area contributed by atoms with Crippen LogP contribution in [0.25, 0.3) is 6.08 Å². The average molecular weight is 303 g/mol. The highest BCUT2D eigenvalue weighted by Gasteiger charge is 1.93. The number of rotatable bonds is 13. The maximum atomic E-state index is 9.38. The Labute approximate surface area is 137 Å². The van der Waals surface area contributed by atoms with Gasteiger partial charge >= 0.3 is 0 Å². The number of benzene rings is 1. The summed E-state index contributed by atoms with van der Waals surface area (Å²) in [6.07, 6.45) is 20.8. The van der Waals surface area contributed by atoms with E-state index in [0.717, 1.165) is 12.0 Å². The fourth-order valence-electron chi connectivity index (χ4n) is 2.77. The van der Waals surface area contributed by atoms with Gasteiger partial charge in [0.15, 0.2) is 0 Å². The van der Waals surface area contributed by atoms with Crippen LogP contribution in [0.4, 0.5) is 0 Å². The van der Waals surface area contributed by atoms with Gasteiger partial charge in [-0.25, -0.2) is 0 Å². The standard InChI is InChI=1S/C21H34O/c1-2-3-4-5-6-7-8-9-10-11-12-13-14-16-20-17-15-18-21(22)19-20/h14-19,22H,2-13H2,1H3. The number of unbranched alkanes of at least 4 members (excludes halogenated alkanes) is 11. The molecule has 0 bridgehead atoms. The van der Waals surface area contributed by atoms with E-state index in [1.165, 1.54) is 70.6 Å². The summed E-state index contributed by atoms with van der Waals surface area (Å²) in [5, 5.41) is 9.38. The minimum atomic E-state index is 0.344. The van der Waals surface area contributed by atoms with Crippen LogP contribution in [0, 0.1) is 0 Å². The van der Waals surface area contributed by atoms with Crippen molar-refractivity contribution < 1.29 is 5.11 Å². The van der Waals surface area contributed by atoms with Crippen molar-refractivity contribution in [3.63, 3.8) is 0 Å². The Bertz CT molecular complexity index is 395. The van der Waals surface area contributed by atoms with Crippen molar-refractivity contribution >= 4 is 6.08 Å². The van der Waals surface area contributed by atoms with Crippen molar-refractivity contribution in [1.29, 1.82) is 0 Å². The zero-order valence-electron chi connectivity index (χ0n) is 14.4. The highest BCUT2D eigenvalue weighted by atomic mass is 16.3. The van der Waals surface area contributed by atoms with Crippen molar-refractivity contribution in [2.45, 2.75) is 84.0 Å². The summed E-state index contributed by atoms with van der Waals surface area (Å²) in [5.41, 5.74) is 1.09. The largest absolute Gasteiger partial charge is 0.508 e. The van der Waals surface area contributed by atoms with Crippen LogP contribution in [-0.2, 0) is 0 Å². The minimum Gasteiger partial charge on any atom is -0.508 e. The fourth-order valence-corrected chi connectivity index (χ4v) is 2.77. The first-order valence-electron chi connectivity index (χ1n) is 9.28. The van der Waals surface area contributed by atoms with Gasteiger partial charge in [-0.1, -0.05) is 95.4 Å². The molecule has 0 aliphatic rings. The molecule has 1 heteroatoms. The Kier molecular flexibility index (Phi) is 11.5. The molecule has 1 aromatic rings. The Morgan fingerprint density at radius 2 is 1.41 bits per heavy atom. The van der Waals surface area contributed by atoms with Crippen molar-refractivity contribution in [1.82, 2.24) is 0 Å². The summed E-state index contributed by atoms with van der Waals surface area (Å²) in [6, 6.07) is 7.42. The van der Waals surface area contributed by atoms with Crippen LogP contribution in [0.3, 0.4) is 0 Å². The zero-order valence-corrected chi connectivity index (χ0v) is 14.4. The second kappa shape index (κ2) is 13.4. The number of aromatic hydroxyl groups is 1. The zero-order chi connectivity index (χ0) is 15.9. The molecule has 0 radical (unpaired) electrons. The molecular weight excluding hydrogens is 268 g/mol. The third-order valence-corrected chi connectivity index (χ3v) is 4.15. The van der Waals surface area contributed by atoms with Gasteiger partial charge in [-0.3, -0.25) is 0 Å². The van der Waals surface area contributed by atoms with Crippen molar-refractivity contribution in [3.05, 3.63) is 35.9 Å². The Hall–Kier alpha value is -1.24. The predicted molar refractivity (Wildman–Crippen MR) is 98.2 cm³/mol. The molecule has 124 valence electrons. The molecular formula is C21H34O. The molecule has 0 aromatic heterocycles. The van der Waals surface area contributed by atoms with Gasteiger partial charge < -0.3 is 5.11 Å². The molecule has 0 aliphatic heterocycles. The van der Waals surface area contributed by atoms with Crippen LogP contribution in [0.15, 0.2) is 30.3 Å². The van der Waals surface area contributed by atoms with Gasteiger partial charge in [0.2, 0.25) is 0 Å². The van der Waals surface area contributed by atoms with Crippen LogP contribution in [-0.4, -0.2) is 5.11 Å². The molecule has 22 heavy (non-hydrogen) atoms. The summed E-state index contributed by atoms with van der Waals surface area (Å²) in [4.78, 5) is 0. The van der Waals surface area contributed by atoms with Gasteiger partial charge in [-0.05, 0) is 30.5 Å². The molecule has 0 heterocycles. The van der Waals surface area contributed by atoms with Crippen LogP contribution in [0.1, 0.15) is 89.5 Å². The second-order valence-corrected chi connectivity index (χ2v) is 6.32. The average Bonchev–Trinajstić information content (AvgIpc) is 2.52. The van der Waals surface area contributed by atoms with E-state index in [2.05, 4.69) is 19.1 Å². The summed E-state index contributed by atoms with van der Waals surface area (Å²) in [6.45, 7) is 2.28. The maximum absolute atomic E-state index is 9.38. The summed E-state index contributed by atoms with van der Waals surface area (Å²) >= 11 is 0. The highest BCUT2D eigenvalue weighted by molar-refractivity contribution is 5.51. The molecule has 0 saturated carbocycles. The first-order chi connectivity index (χ1) is 10.8. The van der Waals surface area contributed by atoms with E-state index in [0.29, 0.717) is 5.75 Å². The normalized spacial score (nSPS) is 11.3. The molecule has 0 aliphatic carbocycles. The van der Waals surface area contributed by atoms with E-state index < -0.39 is 0 Å². The predicted octanol–water partition coefficient (Wildman–Crippen LogP) is 7.11. The molecule has 1 N–H and O–H groups in total. The third kappa shape index (κ3) is 10.5. The lowest BCUT2D eigenvalue weighted by Crippen LogP contribution is -1.82. The molecule has 1 nitrogen and oxygen atoms in total. The summed E-state index contributed by atoms with van der Waals surface area (Å²) < 4.78 is 0. The first kappa shape index (κ1) is 18.8. The van der Waals surface area contributed by atoms with Crippen LogP contribution in [0.2, 0.25) is 0 Å². The number of hydrogen-bond acceptors (Lipinski definition) is 1. The van der Waals surface area contributed by atoms with Gasteiger partial charge in [0.05, 0.1) is 0 Å². The van der Waals surface area contributed by atoms with E-state index in [9.17, 15) is 5.11 Å². The summed E-state index contributed by atoms with van der Waals surface area (Å²) in [5.74, 6) is 0.344. The Balaban J connectivity index is 1.87. The molecule has 1 aromatic carbocycles. The van der Waals surface area contributed by atoms with E-state index in [-0.39, 0.29) is 0 Å². The van der Waals surface area contributed by atoms with Gasteiger partial charge in [0.1, 0.15) is 5.75 Å². The van der Waals surface area contributed by atoms with Gasteiger partial charge in [0, 0.05) is 0 Å². The minimum absolute atomic E-state index is 0.344. The van der Waals surface area contributed by atoms with Crippen molar-refractivity contribution in [2.75, 3.05) is 0 Å². The van der Waals surface area contributed by atoms with Gasteiger partial charge in [-0.15, -0.1) is 0 Å². The first-order valence-corrected chi connectivity index (χ1v) is 9.28. The Morgan fingerprint density at radius 1 is 0.818 bits per heavy atom. The molecule has 1 rings (SSSR count). The number of hydrogen-bond donors (Lipinski definition) is 1. The van der Waals surface area contributed by atoms with Crippen LogP contribution in [0.5, 0.6) is 5.75 Å². The van der Waals surface area contributed by atoms with Crippen LogP contribution < -0.4 is 0 Å². The SMILES string of the molecule is CCCCCCCCCCCCCC=Cc1cccc(O)c1. The van der Waals surface area contributed by atoms with E-state index in [1.54, 1.807) is 12.1 Å². The molecule has 0 amide bonds. The molecule has 0 saturated heterocycles. The molecule has 0 fully saturated rings. The molecule has 0 spiro atoms. The fraction of sp³-hybridized carbons (Fsp3) is 0.619. The van der Waals surface area contributed by atoms with Crippen molar-refractivity contribution in [3.8, 4) is 5.75 Å². The third-order valence-electron chi connectivity index (χ3n) is 4.15. The number of allylic oxidation sites excluding steroid dienone is 1. The van der Waals surface area contributed by atoms with E-state index in [4.69, 9.17) is 0 Å². The van der Waals surface area contributed by atoms with Gasteiger partial charge in [-0.2, -0.15) is 0 Å². The number of phenolic OH excluding ortho intramolecular Hbond substituents is 1. The molecule has 0 unspecified atom stereocenters. The summed E-state index contributed by atoms with van der Waals surface area (Å²) in [7, 11) is 0. The van der Waals surface area contributed by atoms with E-state index in [1.807, 2.05) is 12.1 Å². The lowest BCUT2D eigenvalue weighted by atomic mass is 10.1. The van der Waals surface area contributed by atoms with Gasteiger partial charge in [0.25, 0.3) is 0 Å². The lowest BCUT2D eigenvalue weighted by Gasteiger charge is -2.01. The quantitative estimate of drug-likeness (QED) is 0.385. The smallest absolute Gasteiger partial charge is 0.116 e. The second-order valence-electron chi connectivity index (χ2n) is 6.32. The maximum Gasteiger partial charge on any atom is 0.116 e. The topological polar surface area (TPSA) is 20.2 Å². The van der Waals surface area contributed by atoms with Crippen molar-refractivity contribution in [2.24, 2.45) is 0 Å². The number of phenols is 1. The molecule has 0 atom stereocenters. The lowest BCUT2D eigenvalue weighted by molar-refractivity contribution is 0.475. The highest BCUT2D eigenvalue weighted by Crippen LogP contribution is 2.14. The Morgan fingerprint density at radius 3 is 2.00 bits per heavy atom. The van der Waals surface area contributed by atoms with E-state index >= 15 is 0 Å².